The van der Waals surface area contributed by atoms with E-state index in [1.807, 2.05) is 25.1 Å². The van der Waals surface area contributed by atoms with Gasteiger partial charge < -0.3 is 10.4 Å². The van der Waals surface area contributed by atoms with Gasteiger partial charge in [-0.1, -0.05) is 22.0 Å². The van der Waals surface area contributed by atoms with Gasteiger partial charge in [0.15, 0.2) is 0 Å². The molecule has 0 bridgehead atoms. The molecule has 0 aromatic heterocycles. The molecule has 1 rings (SSSR count). The Morgan fingerprint density at radius 2 is 2.12 bits per heavy atom. The van der Waals surface area contributed by atoms with Crippen LogP contribution in [-0.2, 0) is 16.0 Å². The highest BCUT2D eigenvalue weighted by Crippen LogP contribution is 2.16. The number of rotatable bonds is 5. The highest BCUT2D eigenvalue weighted by Gasteiger charge is 2.06. The zero-order valence-corrected chi connectivity index (χ0v) is 11.1. The molecule has 0 aliphatic heterocycles. The SMILES string of the molecule is Cc1cc(Br)ccc1CC(=O)NCCC(=O)O. The fourth-order valence-corrected chi connectivity index (χ4v) is 1.88. The molecule has 0 heterocycles. The predicted molar refractivity (Wildman–Crippen MR) is 67.8 cm³/mol. The number of carbonyl (C=O) groups is 2. The second kappa shape index (κ2) is 6.39. The standard InChI is InChI=1S/C12H14BrNO3/c1-8-6-10(13)3-2-9(8)7-11(15)14-5-4-12(16)17/h2-3,6H,4-5,7H2,1H3,(H,14,15)(H,16,17). The van der Waals surface area contributed by atoms with Gasteiger partial charge >= 0.3 is 5.97 Å². The number of hydrogen-bond donors (Lipinski definition) is 2. The molecule has 0 atom stereocenters. The summed E-state index contributed by atoms with van der Waals surface area (Å²) in [5, 5.41) is 11.0. The minimum absolute atomic E-state index is 0.0505. The molecule has 1 aromatic carbocycles. The minimum atomic E-state index is -0.912. The number of aryl methyl sites for hydroxylation is 1. The van der Waals surface area contributed by atoms with Crippen molar-refractivity contribution in [3.05, 3.63) is 33.8 Å². The topological polar surface area (TPSA) is 66.4 Å². The number of carbonyl (C=O) groups excluding carboxylic acids is 1. The van der Waals surface area contributed by atoms with Crippen molar-refractivity contribution in [3.63, 3.8) is 0 Å². The van der Waals surface area contributed by atoms with E-state index in [1.54, 1.807) is 0 Å². The van der Waals surface area contributed by atoms with E-state index in [4.69, 9.17) is 5.11 Å². The van der Waals surface area contributed by atoms with Crippen molar-refractivity contribution >= 4 is 27.8 Å². The molecule has 4 nitrogen and oxygen atoms in total. The smallest absolute Gasteiger partial charge is 0.305 e. The molecule has 1 amide bonds. The predicted octanol–water partition coefficient (Wildman–Crippen LogP) is 1.89. The maximum atomic E-state index is 11.5. The van der Waals surface area contributed by atoms with E-state index in [0.29, 0.717) is 0 Å². The molecular weight excluding hydrogens is 286 g/mol. The first kappa shape index (κ1) is 13.7. The molecular formula is C12H14BrNO3. The number of benzene rings is 1. The molecule has 5 heteroatoms. The lowest BCUT2D eigenvalue weighted by molar-refractivity contribution is -0.136. The van der Waals surface area contributed by atoms with E-state index in [9.17, 15) is 9.59 Å². The van der Waals surface area contributed by atoms with E-state index in [0.717, 1.165) is 15.6 Å². The highest BCUT2D eigenvalue weighted by molar-refractivity contribution is 9.10. The van der Waals surface area contributed by atoms with Crippen molar-refractivity contribution in [1.29, 1.82) is 0 Å². The van der Waals surface area contributed by atoms with Crippen LogP contribution in [-0.4, -0.2) is 23.5 Å². The lowest BCUT2D eigenvalue weighted by Crippen LogP contribution is -2.27. The summed E-state index contributed by atoms with van der Waals surface area (Å²) in [7, 11) is 0. The summed E-state index contributed by atoms with van der Waals surface area (Å²) in [6.45, 7) is 2.11. The van der Waals surface area contributed by atoms with Crippen LogP contribution < -0.4 is 5.32 Å². The largest absolute Gasteiger partial charge is 0.481 e. The van der Waals surface area contributed by atoms with Gasteiger partial charge in [-0.25, -0.2) is 0 Å². The third-order valence-electron chi connectivity index (χ3n) is 2.32. The van der Waals surface area contributed by atoms with Crippen molar-refractivity contribution in [2.45, 2.75) is 19.8 Å². The number of aliphatic carboxylic acids is 1. The van der Waals surface area contributed by atoms with Crippen LogP contribution in [0.4, 0.5) is 0 Å². The average Bonchev–Trinajstić information content (AvgIpc) is 2.21. The first-order valence-corrected chi connectivity index (χ1v) is 6.02. The summed E-state index contributed by atoms with van der Waals surface area (Å²) >= 11 is 3.35. The molecule has 92 valence electrons. The average molecular weight is 300 g/mol. The van der Waals surface area contributed by atoms with Crippen LogP contribution >= 0.6 is 15.9 Å². The number of hydrogen-bond acceptors (Lipinski definition) is 2. The summed E-state index contributed by atoms with van der Waals surface area (Å²) < 4.78 is 0.977. The van der Waals surface area contributed by atoms with Gasteiger partial charge in [0.05, 0.1) is 12.8 Å². The second-order valence-corrected chi connectivity index (χ2v) is 4.66. The number of halogens is 1. The monoisotopic (exact) mass is 299 g/mol. The number of amides is 1. The molecule has 2 N–H and O–H groups in total. The van der Waals surface area contributed by atoms with Crippen molar-refractivity contribution < 1.29 is 14.7 Å². The molecule has 0 unspecified atom stereocenters. The van der Waals surface area contributed by atoms with E-state index in [-0.39, 0.29) is 25.3 Å². The van der Waals surface area contributed by atoms with E-state index >= 15 is 0 Å². The van der Waals surface area contributed by atoms with E-state index in [1.165, 1.54) is 0 Å². The summed E-state index contributed by atoms with van der Waals surface area (Å²) in [6.07, 6.45) is 0.226. The quantitative estimate of drug-likeness (QED) is 0.872. The van der Waals surface area contributed by atoms with Gasteiger partial charge in [0, 0.05) is 11.0 Å². The first-order valence-electron chi connectivity index (χ1n) is 5.22. The Labute approximate surface area is 108 Å². The molecule has 0 spiro atoms. The van der Waals surface area contributed by atoms with Crippen LogP contribution in [0.3, 0.4) is 0 Å². The van der Waals surface area contributed by atoms with Crippen LogP contribution in [0.5, 0.6) is 0 Å². The van der Waals surface area contributed by atoms with E-state index < -0.39 is 5.97 Å². The van der Waals surface area contributed by atoms with Crippen LogP contribution in [0.15, 0.2) is 22.7 Å². The van der Waals surface area contributed by atoms with Gasteiger partial charge in [-0.2, -0.15) is 0 Å². The number of carboxylic acid groups (broad SMARTS) is 1. The maximum Gasteiger partial charge on any atom is 0.305 e. The fourth-order valence-electron chi connectivity index (χ4n) is 1.40. The minimum Gasteiger partial charge on any atom is -0.481 e. The lowest BCUT2D eigenvalue weighted by Gasteiger charge is -2.07. The van der Waals surface area contributed by atoms with Crippen molar-refractivity contribution in [2.75, 3.05) is 6.54 Å². The van der Waals surface area contributed by atoms with Crippen LogP contribution in [0.2, 0.25) is 0 Å². The Morgan fingerprint density at radius 1 is 1.41 bits per heavy atom. The molecule has 0 saturated carbocycles. The third kappa shape index (κ3) is 4.99. The van der Waals surface area contributed by atoms with Gasteiger partial charge in [0.1, 0.15) is 0 Å². The fraction of sp³-hybridized carbons (Fsp3) is 0.333. The Kier molecular flexibility index (Phi) is 5.15. The van der Waals surface area contributed by atoms with Crippen molar-refractivity contribution in [3.8, 4) is 0 Å². The molecule has 0 radical (unpaired) electrons. The molecule has 0 saturated heterocycles. The Balaban J connectivity index is 2.48. The molecule has 17 heavy (non-hydrogen) atoms. The molecule has 0 fully saturated rings. The maximum absolute atomic E-state index is 11.5. The van der Waals surface area contributed by atoms with Gasteiger partial charge in [0.25, 0.3) is 0 Å². The first-order chi connectivity index (χ1) is 7.99. The lowest BCUT2D eigenvalue weighted by atomic mass is 10.1. The Hall–Kier alpha value is -1.36. The second-order valence-electron chi connectivity index (χ2n) is 3.74. The van der Waals surface area contributed by atoms with Crippen LogP contribution in [0, 0.1) is 6.92 Å². The zero-order chi connectivity index (χ0) is 12.8. The summed E-state index contributed by atoms with van der Waals surface area (Å²) in [5.41, 5.74) is 1.98. The Bertz CT molecular complexity index is 432. The molecule has 0 aliphatic rings. The van der Waals surface area contributed by atoms with Gasteiger partial charge in [-0.3, -0.25) is 9.59 Å². The summed E-state index contributed by atoms with van der Waals surface area (Å²) in [4.78, 5) is 21.8. The zero-order valence-electron chi connectivity index (χ0n) is 9.50. The third-order valence-corrected chi connectivity index (χ3v) is 2.81. The summed E-state index contributed by atoms with van der Waals surface area (Å²) in [5.74, 6) is -1.07. The van der Waals surface area contributed by atoms with E-state index in [2.05, 4.69) is 21.2 Å². The number of nitrogens with one attached hydrogen (secondary N) is 1. The van der Waals surface area contributed by atoms with Gasteiger partial charge in [-0.05, 0) is 30.2 Å². The Morgan fingerprint density at radius 3 is 2.71 bits per heavy atom. The molecule has 1 aromatic rings. The number of carboxylic acids is 1. The van der Waals surface area contributed by atoms with Crippen LogP contribution in [0.25, 0.3) is 0 Å². The van der Waals surface area contributed by atoms with Gasteiger partial charge in [0.2, 0.25) is 5.91 Å². The normalized spacial score (nSPS) is 10.0. The van der Waals surface area contributed by atoms with Gasteiger partial charge in [-0.15, -0.1) is 0 Å². The van der Waals surface area contributed by atoms with Crippen molar-refractivity contribution in [2.24, 2.45) is 0 Å². The summed E-state index contributed by atoms with van der Waals surface area (Å²) in [6, 6.07) is 5.71. The van der Waals surface area contributed by atoms with Crippen molar-refractivity contribution in [1.82, 2.24) is 5.32 Å². The molecule has 0 aliphatic carbocycles. The highest BCUT2D eigenvalue weighted by atomic mass is 79.9. The van der Waals surface area contributed by atoms with Crippen LogP contribution in [0.1, 0.15) is 17.5 Å².